The summed E-state index contributed by atoms with van der Waals surface area (Å²) in [5.41, 5.74) is 2.53. The van der Waals surface area contributed by atoms with Gasteiger partial charge in [0.15, 0.2) is 11.5 Å². The fraction of sp³-hybridized carbons (Fsp3) is 0.286. The number of anilines is 1. The van der Waals surface area contributed by atoms with Crippen molar-refractivity contribution in [2.45, 2.75) is 20.5 Å². The fourth-order valence-electron chi connectivity index (χ4n) is 2.44. The van der Waals surface area contributed by atoms with Gasteiger partial charge in [-0.05, 0) is 43.7 Å². The molecule has 1 amide bonds. The van der Waals surface area contributed by atoms with Crippen molar-refractivity contribution in [3.63, 3.8) is 0 Å². The number of rotatable bonds is 9. The van der Waals surface area contributed by atoms with Crippen LogP contribution in [0.15, 0.2) is 48.5 Å². The number of methoxy groups -OCH3 is 1. The lowest BCUT2D eigenvalue weighted by atomic mass is 10.1. The molecule has 0 aliphatic carbocycles. The van der Waals surface area contributed by atoms with E-state index in [0.717, 1.165) is 16.8 Å². The van der Waals surface area contributed by atoms with Gasteiger partial charge in [-0.3, -0.25) is 4.79 Å². The predicted octanol–water partition coefficient (Wildman–Crippen LogP) is 4.28. The summed E-state index contributed by atoms with van der Waals surface area (Å²) in [5.74, 6) is 1.16. The van der Waals surface area contributed by atoms with Crippen molar-refractivity contribution in [1.29, 1.82) is 0 Å². The highest BCUT2D eigenvalue weighted by molar-refractivity contribution is 6.02. The van der Waals surface area contributed by atoms with Gasteiger partial charge in [-0.2, -0.15) is 0 Å². The number of para-hydroxylation sites is 1. The molecule has 0 spiro atoms. The quantitative estimate of drug-likeness (QED) is 0.682. The molecule has 0 unspecified atom stereocenters. The van der Waals surface area contributed by atoms with Crippen molar-refractivity contribution < 1.29 is 19.0 Å². The minimum absolute atomic E-state index is 0.208. The van der Waals surface area contributed by atoms with Crippen LogP contribution in [0.3, 0.4) is 0 Å². The van der Waals surface area contributed by atoms with E-state index in [1.54, 1.807) is 13.2 Å². The third kappa shape index (κ3) is 5.63. The van der Waals surface area contributed by atoms with E-state index in [1.165, 1.54) is 6.08 Å². The Balaban J connectivity index is 2.09. The fourth-order valence-corrected chi connectivity index (χ4v) is 2.44. The number of nitrogens with one attached hydrogen (secondary N) is 1. The topological polar surface area (TPSA) is 56.8 Å². The van der Waals surface area contributed by atoms with Crippen molar-refractivity contribution >= 4 is 17.7 Å². The van der Waals surface area contributed by atoms with Gasteiger partial charge < -0.3 is 19.5 Å². The average Bonchev–Trinajstić information content (AvgIpc) is 2.64. The number of benzene rings is 2. The van der Waals surface area contributed by atoms with Crippen LogP contribution in [0.2, 0.25) is 0 Å². The Morgan fingerprint density at radius 1 is 1.04 bits per heavy atom. The predicted molar refractivity (Wildman–Crippen MR) is 104 cm³/mol. The zero-order valence-corrected chi connectivity index (χ0v) is 15.5. The molecule has 0 radical (unpaired) electrons. The van der Waals surface area contributed by atoms with Crippen LogP contribution in [0, 0.1) is 0 Å². The molecular formula is C21H25NO4. The summed E-state index contributed by atoms with van der Waals surface area (Å²) >= 11 is 0. The third-order valence-corrected chi connectivity index (χ3v) is 3.57. The van der Waals surface area contributed by atoms with E-state index in [-0.39, 0.29) is 5.91 Å². The van der Waals surface area contributed by atoms with E-state index in [2.05, 4.69) is 5.32 Å². The van der Waals surface area contributed by atoms with Gasteiger partial charge >= 0.3 is 0 Å². The second kappa shape index (κ2) is 10.3. The first-order valence-electron chi connectivity index (χ1n) is 8.63. The summed E-state index contributed by atoms with van der Waals surface area (Å²) in [7, 11) is 1.63. The van der Waals surface area contributed by atoms with Gasteiger partial charge in [0.05, 0.1) is 19.8 Å². The summed E-state index contributed by atoms with van der Waals surface area (Å²) in [6, 6.07) is 13.1. The molecule has 0 bridgehead atoms. The van der Waals surface area contributed by atoms with Gasteiger partial charge in [-0.25, -0.2) is 0 Å². The molecule has 0 atom stereocenters. The Labute approximate surface area is 154 Å². The monoisotopic (exact) mass is 355 g/mol. The molecule has 0 heterocycles. The number of amides is 1. The van der Waals surface area contributed by atoms with Crippen LogP contribution < -0.4 is 14.8 Å². The Morgan fingerprint density at radius 3 is 2.50 bits per heavy atom. The van der Waals surface area contributed by atoms with Crippen LogP contribution in [-0.2, 0) is 16.1 Å². The molecule has 0 aromatic heterocycles. The lowest BCUT2D eigenvalue weighted by Gasteiger charge is -2.11. The normalized spacial score (nSPS) is 10.7. The van der Waals surface area contributed by atoms with Gasteiger partial charge in [0, 0.05) is 24.4 Å². The summed E-state index contributed by atoms with van der Waals surface area (Å²) in [6.45, 7) is 5.40. The van der Waals surface area contributed by atoms with E-state index in [1.807, 2.05) is 56.3 Å². The van der Waals surface area contributed by atoms with Gasteiger partial charge in [0.2, 0.25) is 5.91 Å². The van der Waals surface area contributed by atoms with Gasteiger partial charge in [-0.15, -0.1) is 0 Å². The van der Waals surface area contributed by atoms with E-state index in [0.29, 0.717) is 31.3 Å². The maximum atomic E-state index is 12.2. The van der Waals surface area contributed by atoms with E-state index < -0.39 is 0 Å². The molecule has 5 nitrogen and oxygen atoms in total. The van der Waals surface area contributed by atoms with Crippen molar-refractivity contribution in [3.8, 4) is 11.5 Å². The molecule has 0 aliphatic rings. The third-order valence-electron chi connectivity index (χ3n) is 3.57. The van der Waals surface area contributed by atoms with Gasteiger partial charge in [-0.1, -0.05) is 24.3 Å². The lowest BCUT2D eigenvalue weighted by Crippen LogP contribution is -2.10. The van der Waals surface area contributed by atoms with E-state index in [4.69, 9.17) is 14.2 Å². The second-order valence-electron chi connectivity index (χ2n) is 5.48. The summed E-state index contributed by atoms with van der Waals surface area (Å²) in [5, 5.41) is 2.88. The van der Waals surface area contributed by atoms with Crippen LogP contribution >= 0.6 is 0 Å². The Kier molecular flexibility index (Phi) is 7.71. The Morgan fingerprint density at radius 2 is 1.77 bits per heavy atom. The number of ether oxygens (including phenoxy) is 3. The zero-order valence-electron chi connectivity index (χ0n) is 15.5. The van der Waals surface area contributed by atoms with Crippen LogP contribution in [0.25, 0.3) is 6.08 Å². The first-order valence-corrected chi connectivity index (χ1v) is 8.63. The Bertz CT molecular complexity index is 755. The second-order valence-corrected chi connectivity index (χ2v) is 5.48. The largest absolute Gasteiger partial charge is 0.490 e. The molecule has 5 heteroatoms. The van der Waals surface area contributed by atoms with Crippen LogP contribution in [-0.4, -0.2) is 26.2 Å². The molecule has 2 aromatic carbocycles. The molecule has 0 fully saturated rings. The number of carbonyl (C=O) groups excluding carboxylic acids is 1. The number of hydrogen-bond donors (Lipinski definition) is 1. The van der Waals surface area contributed by atoms with Crippen LogP contribution in [0.5, 0.6) is 11.5 Å². The molecule has 138 valence electrons. The van der Waals surface area contributed by atoms with E-state index in [9.17, 15) is 4.79 Å². The lowest BCUT2D eigenvalue weighted by molar-refractivity contribution is -0.111. The molecule has 2 aromatic rings. The molecule has 26 heavy (non-hydrogen) atoms. The van der Waals surface area contributed by atoms with Crippen molar-refractivity contribution in [1.82, 2.24) is 0 Å². The molecule has 1 N–H and O–H groups in total. The maximum Gasteiger partial charge on any atom is 0.248 e. The maximum absolute atomic E-state index is 12.2. The first kappa shape index (κ1) is 19.5. The van der Waals surface area contributed by atoms with Crippen LogP contribution in [0.1, 0.15) is 25.0 Å². The van der Waals surface area contributed by atoms with Crippen molar-refractivity contribution in [3.05, 3.63) is 59.7 Å². The highest BCUT2D eigenvalue weighted by atomic mass is 16.5. The Hall–Kier alpha value is -2.79. The molecular weight excluding hydrogens is 330 g/mol. The van der Waals surface area contributed by atoms with Crippen molar-refractivity contribution in [2.24, 2.45) is 0 Å². The molecule has 0 aliphatic heterocycles. The summed E-state index contributed by atoms with van der Waals surface area (Å²) < 4.78 is 16.3. The van der Waals surface area contributed by atoms with Crippen molar-refractivity contribution in [2.75, 3.05) is 25.6 Å². The highest BCUT2D eigenvalue weighted by Crippen LogP contribution is 2.29. The average molecular weight is 355 g/mol. The zero-order chi connectivity index (χ0) is 18.8. The highest BCUT2D eigenvalue weighted by Gasteiger charge is 2.06. The first-order chi connectivity index (χ1) is 12.7. The van der Waals surface area contributed by atoms with Gasteiger partial charge in [0.1, 0.15) is 0 Å². The van der Waals surface area contributed by atoms with Gasteiger partial charge in [0.25, 0.3) is 0 Å². The standard InChI is InChI=1S/C21H25NO4/c1-4-25-19-12-10-16(14-20(19)26-5-2)11-13-21(23)22-18-9-7-6-8-17(18)15-24-3/h6-14H,4-5,15H2,1-3H3,(H,22,23)/b13-11+. The molecule has 0 saturated carbocycles. The number of hydrogen-bond acceptors (Lipinski definition) is 4. The molecule has 0 saturated heterocycles. The summed E-state index contributed by atoms with van der Waals surface area (Å²) in [6.07, 6.45) is 3.24. The summed E-state index contributed by atoms with van der Waals surface area (Å²) in [4.78, 5) is 12.2. The molecule has 2 rings (SSSR count). The minimum atomic E-state index is -0.208. The van der Waals surface area contributed by atoms with E-state index >= 15 is 0 Å². The van der Waals surface area contributed by atoms with Crippen LogP contribution in [0.4, 0.5) is 5.69 Å². The minimum Gasteiger partial charge on any atom is -0.490 e. The number of carbonyl (C=O) groups is 1. The SMILES string of the molecule is CCOc1ccc(/C=C/C(=O)Nc2ccccc2COC)cc1OCC. The smallest absolute Gasteiger partial charge is 0.248 e.